The van der Waals surface area contributed by atoms with Gasteiger partial charge in [0.1, 0.15) is 13.2 Å². The Morgan fingerprint density at radius 3 is 1.87 bits per heavy atom. The number of benzene rings is 4. The van der Waals surface area contributed by atoms with Gasteiger partial charge in [0, 0.05) is 26.9 Å². The Morgan fingerprint density at radius 2 is 1.23 bits per heavy atom. The third-order valence-corrected chi connectivity index (χ3v) is 6.32. The second kappa shape index (κ2) is 8.96. The summed E-state index contributed by atoms with van der Waals surface area (Å²) >= 11 is 7.88. The molecule has 1 N–H and O–H groups in total. The minimum atomic E-state index is 0.469. The fraction of sp³-hybridized carbons (Fsp3) is 0.0769. The lowest BCUT2D eigenvalue weighted by atomic mass is 10.2. The number of nitrogens with one attached hydrogen (secondary N) is 1. The monoisotopic (exact) mass is 445 g/mol. The largest absolute Gasteiger partial charge is 0.485 e. The normalized spacial score (nSPS) is 11.8. The van der Waals surface area contributed by atoms with E-state index < -0.39 is 0 Å². The summed E-state index contributed by atoms with van der Waals surface area (Å²) in [6.45, 7) is 0.947. The van der Waals surface area contributed by atoms with E-state index in [1.165, 1.54) is 0 Å². The maximum absolute atomic E-state index is 6.20. The predicted molar refractivity (Wildman–Crippen MR) is 127 cm³/mol. The fourth-order valence-electron chi connectivity index (χ4n) is 3.37. The van der Waals surface area contributed by atoms with Gasteiger partial charge < -0.3 is 14.8 Å². The van der Waals surface area contributed by atoms with E-state index >= 15 is 0 Å². The number of halogens is 1. The molecule has 1 heterocycles. The summed E-state index contributed by atoms with van der Waals surface area (Å²) in [4.78, 5) is 2.22. The molecule has 0 spiro atoms. The van der Waals surface area contributed by atoms with Crippen LogP contribution in [0.15, 0.2) is 101 Å². The summed E-state index contributed by atoms with van der Waals surface area (Å²) in [5.74, 6) is 1.43. The summed E-state index contributed by atoms with van der Waals surface area (Å²) in [7, 11) is 0. The SMILES string of the molecule is Clc1ccc2c(c1)Nc1cc(OCc3ccccc3)c(OCc3ccccc3)cc1S2. The molecule has 0 fully saturated rings. The lowest BCUT2D eigenvalue weighted by Gasteiger charge is -2.23. The van der Waals surface area contributed by atoms with Crippen molar-refractivity contribution in [1.29, 1.82) is 0 Å². The molecule has 0 unspecified atom stereocenters. The molecule has 5 rings (SSSR count). The molecule has 0 aliphatic carbocycles. The van der Waals surface area contributed by atoms with Crippen molar-refractivity contribution in [2.45, 2.75) is 23.0 Å². The highest BCUT2D eigenvalue weighted by Gasteiger charge is 2.20. The van der Waals surface area contributed by atoms with Crippen LogP contribution in [0.25, 0.3) is 0 Å². The standard InChI is InChI=1S/C26H20ClNO2S/c27-20-11-12-25-21(13-20)28-22-14-23(29-16-18-7-3-1-4-8-18)24(15-26(22)31-25)30-17-19-9-5-2-6-10-19/h1-15,28H,16-17H2. The molecule has 4 aromatic carbocycles. The van der Waals surface area contributed by atoms with Gasteiger partial charge in [-0.05, 0) is 29.3 Å². The molecule has 31 heavy (non-hydrogen) atoms. The quantitative estimate of drug-likeness (QED) is 0.290. The first-order chi connectivity index (χ1) is 15.2. The van der Waals surface area contributed by atoms with Gasteiger partial charge >= 0.3 is 0 Å². The smallest absolute Gasteiger partial charge is 0.163 e. The van der Waals surface area contributed by atoms with Gasteiger partial charge in [0.15, 0.2) is 11.5 Å². The molecule has 1 aliphatic heterocycles. The Balaban J connectivity index is 1.44. The molecule has 4 aromatic rings. The Bertz CT molecular complexity index is 1200. The van der Waals surface area contributed by atoms with Gasteiger partial charge in [-0.15, -0.1) is 0 Å². The van der Waals surface area contributed by atoms with E-state index in [0.717, 1.165) is 38.0 Å². The van der Waals surface area contributed by atoms with Crippen LogP contribution in [-0.4, -0.2) is 0 Å². The van der Waals surface area contributed by atoms with Crippen molar-refractivity contribution < 1.29 is 9.47 Å². The molecule has 0 radical (unpaired) electrons. The minimum Gasteiger partial charge on any atom is -0.485 e. The number of hydrogen-bond acceptors (Lipinski definition) is 4. The Morgan fingerprint density at radius 1 is 0.645 bits per heavy atom. The molecule has 0 aromatic heterocycles. The van der Waals surface area contributed by atoms with E-state index in [0.29, 0.717) is 24.0 Å². The van der Waals surface area contributed by atoms with Crippen LogP contribution >= 0.6 is 23.4 Å². The highest BCUT2D eigenvalue weighted by molar-refractivity contribution is 7.99. The number of ether oxygens (including phenoxy) is 2. The Labute approximate surface area is 191 Å². The van der Waals surface area contributed by atoms with E-state index in [2.05, 4.69) is 29.6 Å². The van der Waals surface area contributed by atoms with Crippen LogP contribution in [0, 0.1) is 0 Å². The third-order valence-electron chi connectivity index (χ3n) is 4.95. The van der Waals surface area contributed by atoms with E-state index in [1.807, 2.05) is 66.7 Å². The van der Waals surface area contributed by atoms with Crippen molar-refractivity contribution in [3.63, 3.8) is 0 Å². The molecule has 1 aliphatic rings. The first-order valence-electron chi connectivity index (χ1n) is 10.0. The molecular weight excluding hydrogens is 426 g/mol. The maximum atomic E-state index is 6.20. The minimum absolute atomic E-state index is 0.469. The summed E-state index contributed by atoms with van der Waals surface area (Å²) in [6, 6.07) is 30.2. The van der Waals surface area contributed by atoms with Crippen LogP contribution in [-0.2, 0) is 13.2 Å². The molecule has 0 saturated heterocycles. The zero-order valence-corrected chi connectivity index (χ0v) is 18.2. The molecule has 5 heteroatoms. The van der Waals surface area contributed by atoms with Gasteiger partial charge in [-0.25, -0.2) is 0 Å². The zero-order valence-electron chi connectivity index (χ0n) is 16.7. The van der Waals surface area contributed by atoms with Crippen LogP contribution in [0.4, 0.5) is 11.4 Å². The lowest BCUT2D eigenvalue weighted by molar-refractivity contribution is 0.255. The number of rotatable bonds is 6. The van der Waals surface area contributed by atoms with Crippen molar-refractivity contribution >= 4 is 34.7 Å². The van der Waals surface area contributed by atoms with Gasteiger partial charge in [-0.3, -0.25) is 0 Å². The average molecular weight is 446 g/mol. The van der Waals surface area contributed by atoms with E-state index in [9.17, 15) is 0 Å². The second-order valence-corrected chi connectivity index (χ2v) is 8.73. The number of anilines is 2. The highest BCUT2D eigenvalue weighted by Crippen LogP contribution is 2.48. The maximum Gasteiger partial charge on any atom is 0.163 e. The van der Waals surface area contributed by atoms with E-state index in [1.54, 1.807) is 11.8 Å². The zero-order chi connectivity index (χ0) is 21.0. The van der Waals surface area contributed by atoms with Crippen molar-refractivity contribution in [1.82, 2.24) is 0 Å². The Kier molecular flexibility index (Phi) is 5.74. The fourth-order valence-corrected chi connectivity index (χ4v) is 4.52. The van der Waals surface area contributed by atoms with Crippen LogP contribution in [0.3, 0.4) is 0 Å². The van der Waals surface area contributed by atoms with Crippen LogP contribution in [0.1, 0.15) is 11.1 Å². The summed E-state index contributed by atoms with van der Waals surface area (Å²) in [6.07, 6.45) is 0. The first kappa shape index (κ1) is 19.9. The Hall–Kier alpha value is -3.08. The van der Waals surface area contributed by atoms with Crippen LogP contribution < -0.4 is 14.8 Å². The number of hydrogen-bond donors (Lipinski definition) is 1. The predicted octanol–water partition coefficient (Wildman–Crippen LogP) is 7.71. The molecule has 3 nitrogen and oxygen atoms in total. The number of fused-ring (bicyclic) bond motifs is 2. The van der Waals surface area contributed by atoms with Crippen LogP contribution in [0.2, 0.25) is 5.02 Å². The molecule has 0 amide bonds. The summed E-state index contributed by atoms with van der Waals surface area (Å²) in [5.41, 5.74) is 4.19. The van der Waals surface area contributed by atoms with Gasteiger partial charge in [0.05, 0.1) is 11.4 Å². The van der Waals surface area contributed by atoms with Crippen molar-refractivity contribution in [2.75, 3.05) is 5.32 Å². The van der Waals surface area contributed by atoms with Crippen molar-refractivity contribution in [2.24, 2.45) is 0 Å². The van der Waals surface area contributed by atoms with E-state index in [4.69, 9.17) is 21.1 Å². The average Bonchev–Trinajstić information content (AvgIpc) is 2.81. The van der Waals surface area contributed by atoms with Crippen molar-refractivity contribution in [3.05, 3.63) is 107 Å². The first-order valence-corrected chi connectivity index (χ1v) is 11.2. The van der Waals surface area contributed by atoms with Gasteiger partial charge in [0.25, 0.3) is 0 Å². The third kappa shape index (κ3) is 4.66. The van der Waals surface area contributed by atoms with E-state index in [-0.39, 0.29) is 0 Å². The molecular formula is C26H20ClNO2S. The molecule has 0 saturated carbocycles. The van der Waals surface area contributed by atoms with Crippen molar-refractivity contribution in [3.8, 4) is 11.5 Å². The lowest BCUT2D eigenvalue weighted by Crippen LogP contribution is -2.04. The van der Waals surface area contributed by atoms with Gasteiger partial charge in [0.2, 0.25) is 0 Å². The van der Waals surface area contributed by atoms with Gasteiger partial charge in [-0.1, -0.05) is 84.0 Å². The molecule has 0 bridgehead atoms. The molecule has 0 atom stereocenters. The molecule has 154 valence electrons. The van der Waals surface area contributed by atoms with Crippen LogP contribution in [0.5, 0.6) is 11.5 Å². The summed E-state index contributed by atoms with van der Waals surface area (Å²) < 4.78 is 12.4. The summed E-state index contributed by atoms with van der Waals surface area (Å²) in [5, 5.41) is 4.19. The topological polar surface area (TPSA) is 30.5 Å². The second-order valence-electron chi connectivity index (χ2n) is 7.21. The highest BCUT2D eigenvalue weighted by atomic mass is 35.5. The van der Waals surface area contributed by atoms with Gasteiger partial charge in [-0.2, -0.15) is 0 Å².